The topological polar surface area (TPSA) is 87.7 Å². The number of rotatable bonds is 5. The van der Waals surface area contributed by atoms with Crippen molar-refractivity contribution < 1.29 is 19.1 Å². The van der Waals surface area contributed by atoms with Crippen molar-refractivity contribution in [2.45, 2.75) is 63.5 Å². The number of nitrogens with zero attached hydrogens (tertiary/aromatic N) is 1. The Morgan fingerprint density at radius 1 is 1.33 bits per heavy atom. The van der Waals surface area contributed by atoms with Crippen molar-refractivity contribution in [1.29, 1.82) is 0 Å². The number of hydrogen-bond donors (Lipinski definition) is 2. The summed E-state index contributed by atoms with van der Waals surface area (Å²) in [6.45, 7) is 3.11. The summed E-state index contributed by atoms with van der Waals surface area (Å²) in [4.78, 5) is 38.1. The minimum Gasteiger partial charge on any atom is -0.376 e. The lowest BCUT2D eigenvalue weighted by atomic mass is 9.75. The van der Waals surface area contributed by atoms with Crippen molar-refractivity contribution in [2.24, 2.45) is 5.92 Å². The molecule has 3 rings (SSSR count). The Morgan fingerprint density at radius 2 is 2.08 bits per heavy atom. The number of hydrogen-bond acceptors (Lipinski definition) is 4. The van der Waals surface area contributed by atoms with Crippen LogP contribution in [0.3, 0.4) is 0 Å². The molecule has 3 aliphatic rings. The molecule has 1 spiro atoms. The molecule has 7 heteroatoms. The fourth-order valence-electron chi connectivity index (χ4n) is 3.97. The van der Waals surface area contributed by atoms with E-state index in [9.17, 15) is 14.4 Å². The maximum atomic E-state index is 12.7. The second-order valence-corrected chi connectivity index (χ2v) is 7.19. The average Bonchev–Trinajstić information content (AvgIpc) is 3.17. The van der Waals surface area contributed by atoms with Gasteiger partial charge in [0, 0.05) is 13.2 Å². The number of carbonyl (C=O) groups excluding carboxylic acids is 3. The first-order chi connectivity index (χ1) is 11.5. The molecule has 3 fully saturated rings. The first kappa shape index (κ1) is 17.2. The summed E-state index contributed by atoms with van der Waals surface area (Å²) in [6.07, 6.45) is 6.33. The summed E-state index contributed by atoms with van der Waals surface area (Å²) >= 11 is 0. The van der Waals surface area contributed by atoms with Crippen LogP contribution in [0.15, 0.2) is 0 Å². The van der Waals surface area contributed by atoms with E-state index in [2.05, 4.69) is 17.6 Å². The van der Waals surface area contributed by atoms with Gasteiger partial charge in [0.25, 0.3) is 5.91 Å². The van der Waals surface area contributed by atoms with Crippen LogP contribution in [-0.4, -0.2) is 54.1 Å². The standard InChI is InChI=1S/C17H27N3O4/c1-2-12-5-7-17(8-6-12)15(22)20(16(23)19-17)11-14(21)18-10-13-4-3-9-24-13/h12-13H,2-11H2,1H3,(H,18,21)(H,19,23)/t12?,13-,17?/m1/s1. The second-order valence-electron chi connectivity index (χ2n) is 7.19. The summed E-state index contributed by atoms with van der Waals surface area (Å²) in [5.41, 5.74) is -0.780. The molecule has 0 aromatic rings. The Balaban J connectivity index is 1.53. The van der Waals surface area contributed by atoms with E-state index in [1.165, 1.54) is 0 Å². The van der Waals surface area contributed by atoms with Gasteiger partial charge in [-0.3, -0.25) is 14.5 Å². The maximum absolute atomic E-state index is 12.7. The highest BCUT2D eigenvalue weighted by Gasteiger charge is 2.52. The van der Waals surface area contributed by atoms with E-state index < -0.39 is 11.6 Å². The van der Waals surface area contributed by atoms with Gasteiger partial charge in [-0.25, -0.2) is 4.79 Å². The summed E-state index contributed by atoms with van der Waals surface area (Å²) in [5, 5.41) is 5.61. The summed E-state index contributed by atoms with van der Waals surface area (Å²) in [5.74, 6) is 0.0756. The van der Waals surface area contributed by atoms with Crippen LogP contribution in [0.2, 0.25) is 0 Å². The quantitative estimate of drug-likeness (QED) is 0.737. The third-order valence-electron chi connectivity index (χ3n) is 5.63. The first-order valence-electron chi connectivity index (χ1n) is 9.06. The van der Waals surface area contributed by atoms with E-state index in [1.807, 2.05) is 0 Å². The number of amides is 4. The highest BCUT2D eigenvalue weighted by atomic mass is 16.5. The molecule has 1 aliphatic carbocycles. The molecule has 2 aliphatic heterocycles. The molecule has 2 heterocycles. The molecule has 24 heavy (non-hydrogen) atoms. The molecular formula is C17H27N3O4. The van der Waals surface area contributed by atoms with E-state index in [1.54, 1.807) is 0 Å². The Bertz CT molecular complexity index is 508. The molecule has 1 atom stereocenters. The lowest BCUT2D eigenvalue weighted by Crippen LogP contribution is -2.50. The zero-order valence-electron chi connectivity index (χ0n) is 14.3. The van der Waals surface area contributed by atoms with Gasteiger partial charge in [-0.05, 0) is 44.4 Å². The monoisotopic (exact) mass is 337 g/mol. The largest absolute Gasteiger partial charge is 0.376 e. The molecule has 134 valence electrons. The molecule has 0 bridgehead atoms. The lowest BCUT2D eigenvalue weighted by Gasteiger charge is -2.34. The molecule has 0 aromatic carbocycles. The van der Waals surface area contributed by atoms with Crippen molar-refractivity contribution in [3.8, 4) is 0 Å². The van der Waals surface area contributed by atoms with Gasteiger partial charge in [-0.1, -0.05) is 13.3 Å². The van der Waals surface area contributed by atoms with Crippen LogP contribution in [0.5, 0.6) is 0 Å². The van der Waals surface area contributed by atoms with Crippen LogP contribution in [0.1, 0.15) is 51.9 Å². The van der Waals surface area contributed by atoms with Gasteiger partial charge >= 0.3 is 6.03 Å². The predicted octanol–water partition coefficient (Wildman–Crippen LogP) is 1.17. The lowest BCUT2D eigenvalue weighted by molar-refractivity contribution is -0.136. The molecule has 4 amide bonds. The minimum absolute atomic E-state index is 0.0488. The number of ether oxygens (including phenoxy) is 1. The Morgan fingerprint density at radius 3 is 2.71 bits per heavy atom. The highest BCUT2D eigenvalue weighted by molar-refractivity contribution is 6.09. The zero-order chi connectivity index (χ0) is 17.2. The molecule has 0 radical (unpaired) electrons. The summed E-state index contributed by atoms with van der Waals surface area (Å²) in [6, 6.07) is -0.442. The fourth-order valence-corrected chi connectivity index (χ4v) is 3.97. The van der Waals surface area contributed by atoms with Crippen LogP contribution in [0.4, 0.5) is 4.79 Å². The van der Waals surface area contributed by atoms with Gasteiger partial charge in [0.1, 0.15) is 12.1 Å². The van der Waals surface area contributed by atoms with Gasteiger partial charge < -0.3 is 15.4 Å². The number of imide groups is 1. The van der Waals surface area contributed by atoms with Crippen molar-refractivity contribution in [3.63, 3.8) is 0 Å². The van der Waals surface area contributed by atoms with Gasteiger partial charge in [0.05, 0.1) is 6.10 Å². The SMILES string of the molecule is CCC1CCC2(CC1)NC(=O)N(CC(=O)NC[C@H]1CCCO1)C2=O. The summed E-state index contributed by atoms with van der Waals surface area (Å²) < 4.78 is 5.45. The van der Waals surface area contributed by atoms with E-state index in [0.29, 0.717) is 25.3 Å². The van der Waals surface area contributed by atoms with Gasteiger partial charge in [0.2, 0.25) is 5.91 Å². The Hall–Kier alpha value is -1.63. The van der Waals surface area contributed by atoms with Crippen molar-refractivity contribution in [2.75, 3.05) is 19.7 Å². The normalized spacial score (nSPS) is 33.1. The van der Waals surface area contributed by atoms with Crippen molar-refractivity contribution >= 4 is 17.8 Å². The molecule has 0 unspecified atom stereocenters. The predicted molar refractivity (Wildman–Crippen MR) is 87.2 cm³/mol. The van der Waals surface area contributed by atoms with Crippen LogP contribution in [-0.2, 0) is 14.3 Å². The third-order valence-corrected chi connectivity index (χ3v) is 5.63. The van der Waals surface area contributed by atoms with E-state index in [-0.39, 0.29) is 24.5 Å². The first-order valence-corrected chi connectivity index (χ1v) is 9.06. The molecular weight excluding hydrogens is 310 g/mol. The number of urea groups is 1. The van der Waals surface area contributed by atoms with E-state index in [0.717, 1.165) is 43.6 Å². The smallest absolute Gasteiger partial charge is 0.325 e. The third kappa shape index (κ3) is 3.41. The Kier molecular flexibility index (Phi) is 5.08. The molecule has 2 saturated heterocycles. The summed E-state index contributed by atoms with van der Waals surface area (Å²) in [7, 11) is 0. The van der Waals surface area contributed by atoms with Gasteiger partial charge in [-0.2, -0.15) is 0 Å². The van der Waals surface area contributed by atoms with Crippen LogP contribution < -0.4 is 10.6 Å². The van der Waals surface area contributed by atoms with E-state index >= 15 is 0 Å². The van der Waals surface area contributed by atoms with Crippen molar-refractivity contribution in [3.05, 3.63) is 0 Å². The second kappa shape index (κ2) is 7.09. The van der Waals surface area contributed by atoms with Crippen LogP contribution in [0.25, 0.3) is 0 Å². The molecule has 2 N–H and O–H groups in total. The molecule has 1 saturated carbocycles. The molecule has 7 nitrogen and oxygen atoms in total. The van der Waals surface area contributed by atoms with Crippen molar-refractivity contribution in [1.82, 2.24) is 15.5 Å². The number of carbonyl (C=O) groups is 3. The maximum Gasteiger partial charge on any atom is 0.325 e. The van der Waals surface area contributed by atoms with Crippen LogP contribution in [0, 0.1) is 5.92 Å². The zero-order valence-corrected chi connectivity index (χ0v) is 14.3. The average molecular weight is 337 g/mol. The molecule has 0 aromatic heterocycles. The highest BCUT2D eigenvalue weighted by Crippen LogP contribution is 2.37. The van der Waals surface area contributed by atoms with Gasteiger partial charge in [-0.15, -0.1) is 0 Å². The van der Waals surface area contributed by atoms with Gasteiger partial charge in [0.15, 0.2) is 0 Å². The van der Waals surface area contributed by atoms with E-state index in [4.69, 9.17) is 4.74 Å². The van der Waals surface area contributed by atoms with Crippen LogP contribution >= 0.6 is 0 Å². The fraction of sp³-hybridized carbons (Fsp3) is 0.824. The number of nitrogens with one attached hydrogen (secondary N) is 2. The minimum atomic E-state index is -0.780. The Labute approximate surface area is 142 Å².